The Morgan fingerprint density at radius 3 is 2.18 bits per heavy atom. The standard InChI is InChI=1S/C43H70O12/c1-21(2)18-23-19-24(37(50-9)53-23)25-12-16-43(8)27-10-11-29-40(4,5)30(14-15-41(29,6)26(27)13-17-42(25,43)7)55-39-36(49)34(47)32(45)28(54-39)20-51-38-35(48)33(46)31(44)22(3)52-38/h10,18,22-26,28-39,44-49H,11-17,19-20H2,1-9H3/t22-,23+,24-,25-,26-,28+,29-,30-,31-,32+,33+,34-,35+,36+,37+,38-,39-,41+,42-,43+/m0/s1. The molecule has 3 saturated heterocycles. The van der Waals surface area contributed by atoms with Gasteiger partial charge in [0.05, 0.1) is 24.9 Å². The average molecular weight is 779 g/mol. The number of ether oxygens (including phenoxy) is 6. The highest BCUT2D eigenvalue weighted by atomic mass is 16.7. The van der Waals surface area contributed by atoms with Gasteiger partial charge in [0.25, 0.3) is 0 Å². The summed E-state index contributed by atoms with van der Waals surface area (Å²) in [6, 6.07) is 0. The molecule has 314 valence electrons. The molecule has 7 aliphatic rings. The number of aliphatic hydroxyl groups is 6. The maximum Gasteiger partial charge on any atom is 0.186 e. The van der Waals surface area contributed by atoms with Gasteiger partial charge in [-0.1, -0.05) is 57.9 Å². The molecule has 12 nitrogen and oxygen atoms in total. The van der Waals surface area contributed by atoms with Gasteiger partial charge in [0.2, 0.25) is 0 Å². The zero-order valence-electron chi connectivity index (χ0n) is 34.5. The summed E-state index contributed by atoms with van der Waals surface area (Å²) in [4.78, 5) is 0. The van der Waals surface area contributed by atoms with E-state index < -0.39 is 61.4 Å². The molecule has 0 spiro atoms. The third kappa shape index (κ3) is 6.84. The third-order valence-corrected chi connectivity index (χ3v) is 16.5. The predicted molar refractivity (Wildman–Crippen MR) is 202 cm³/mol. The minimum absolute atomic E-state index is 0.0597. The third-order valence-electron chi connectivity index (χ3n) is 16.5. The second-order valence-corrected chi connectivity index (χ2v) is 19.9. The number of rotatable bonds is 8. The summed E-state index contributed by atoms with van der Waals surface area (Å²) in [5.41, 5.74) is 2.94. The van der Waals surface area contributed by atoms with Crippen molar-refractivity contribution in [1.82, 2.24) is 0 Å². The maximum atomic E-state index is 11.1. The second-order valence-electron chi connectivity index (χ2n) is 19.9. The van der Waals surface area contributed by atoms with E-state index in [4.69, 9.17) is 28.4 Å². The van der Waals surface area contributed by atoms with Gasteiger partial charge in [0.15, 0.2) is 18.9 Å². The first-order chi connectivity index (χ1) is 25.8. The van der Waals surface area contributed by atoms with E-state index in [2.05, 4.69) is 60.6 Å². The molecule has 3 saturated carbocycles. The Bertz CT molecular complexity index is 1450. The molecular formula is C43H70O12. The summed E-state index contributed by atoms with van der Waals surface area (Å²) in [7, 11) is 1.79. The monoisotopic (exact) mass is 778 g/mol. The molecule has 7 rings (SSSR count). The molecule has 20 atom stereocenters. The van der Waals surface area contributed by atoms with Crippen LogP contribution in [0.1, 0.15) is 107 Å². The number of aliphatic hydroxyl groups excluding tert-OH is 6. The number of hydrogen-bond acceptors (Lipinski definition) is 12. The molecule has 6 fully saturated rings. The molecule has 3 aliphatic heterocycles. The van der Waals surface area contributed by atoms with E-state index in [1.54, 1.807) is 19.6 Å². The molecule has 0 aromatic heterocycles. The average Bonchev–Trinajstić information content (AvgIpc) is 3.65. The van der Waals surface area contributed by atoms with Crippen LogP contribution in [0.3, 0.4) is 0 Å². The van der Waals surface area contributed by atoms with E-state index in [0.717, 1.165) is 32.1 Å². The van der Waals surface area contributed by atoms with E-state index in [9.17, 15) is 30.6 Å². The fourth-order valence-corrected chi connectivity index (χ4v) is 13.1. The first-order valence-corrected chi connectivity index (χ1v) is 21.0. The van der Waals surface area contributed by atoms with E-state index in [0.29, 0.717) is 23.7 Å². The van der Waals surface area contributed by atoms with Crippen molar-refractivity contribution >= 4 is 0 Å². The van der Waals surface area contributed by atoms with E-state index in [-0.39, 0.29) is 46.8 Å². The second kappa shape index (κ2) is 15.2. The molecule has 55 heavy (non-hydrogen) atoms. The van der Waals surface area contributed by atoms with Crippen LogP contribution >= 0.6 is 0 Å². The zero-order valence-corrected chi connectivity index (χ0v) is 34.5. The molecule has 4 aliphatic carbocycles. The fourth-order valence-electron chi connectivity index (χ4n) is 13.1. The van der Waals surface area contributed by atoms with Gasteiger partial charge in [-0.3, -0.25) is 0 Å². The number of methoxy groups -OCH3 is 1. The lowest BCUT2D eigenvalue weighted by molar-refractivity contribution is -0.342. The lowest BCUT2D eigenvalue weighted by Crippen LogP contribution is -2.63. The number of fused-ring (bicyclic) bond motifs is 5. The van der Waals surface area contributed by atoms with Gasteiger partial charge in [-0.15, -0.1) is 0 Å². The molecule has 0 bridgehead atoms. The molecule has 12 heteroatoms. The summed E-state index contributed by atoms with van der Waals surface area (Å²) in [5, 5.41) is 63.5. The van der Waals surface area contributed by atoms with E-state index >= 15 is 0 Å². The van der Waals surface area contributed by atoms with E-state index in [1.807, 2.05) is 0 Å². The Morgan fingerprint density at radius 2 is 1.49 bits per heavy atom. The summed E-state index contributed by atoms with van der Waals surface area (Å²) < 4.78 is 36.4. The SMILES string of the molecule is CO[C@@H]1O[C@H](C=C(C)C)C[C@H]1[C@@H]1CC[C@]2(C)C3=CC[C@H]4C(C)(C)[C@@H](O[C@@H]5O[C@H](CO[C@H]6O[C@@H](C)[C@H](O)[C@@H](O)[C@H]6O)[C@@H](O)[C@H](O)[C@H]5O)CC[C@]4(C)[C@H]3CC[C@@]12C. The van der Waals surface area contributed by atoms with Gasteiger partial charge in [0.1, 0.15) is 42.7 Å². The lowest BCUT2D eigenvalue weighted by atomic mass is 9.41. The van der Waals surface area contributed by atoms with Crippen LogP contribution in [0.5, 0.6) is 0 Å². The molecule has 0 aromatic carbocycles. The van der Waals surface area contributed by atoms with Crippen LogP contribution in [0.15, 0.2) is 23.3 Å². The molecule has 0 aromatic rings. The minimum atomic E-state index is -1.56. The van der Waals surface area contributed by atoms with Crippen LogP contribution in [0, 0.1) is 45.3 Å². The van der Waals surface area contributed by atoms with Crippen molar-refractivity contribution in [1.29, 1.82) is 0 Å². The van der Waals surface area contributed by atoms with Gasteiger partial charge in [-0.25, -0.2) is 0 Å². The minimum Gasteiger partial charge on any atom is -0.388 e. The summed E-state index contributed by atoms with van der Waals surface area (Å²) in [6.45, 7) is 17.6. The Labute approximate surface area is 327 Å². The van der Waals surface area contributed by atoms with Gasteiger partial charge in [-0.05, 0) is 112 Å². The van der Waals surface area contributed by atoms with Crippen molar-refractivity contribution in [2.24, 2.45) is 45.3 Å². The van der Waals surface area contributed by atoms with Crippen molar-refractivity contribution in [3.8, 4) is 0 Å². The van der Waals surface area contributed by atoms with Crippen molar-refractivity contribution in [2.45, 2.75) is 187 Å². The van der Waals surface area contributed by atoms with E-state index in [1.165, 1.54) is 24.8 Å². The van der Waals surface area contributed by atoms with Crippen molar-refractivity contribution in [3.63, 3.8) is 0 Å². The van der Waals surface area contributed by atoms with Crippen molar-refractivity contribution < 1.29 is 59.1 Å². The zero-order chi connectivity index (χ0) is 40.0. The topological polar surface area (TPSA) is 177 Å². The van der Waals surface area contributed by atoms with Crippen LogP contribution in [0.2, 0.25) is 0 Å². The number of allylic oxidation sites excluding steroid dienone is 3. The maximum absolute atomic E-state index is 11.1. The van der Waals surface area contributed by atoms with Crippen LogP contribution in [-0.4, -0.2) is 124 Å². The molecule has 3 heterocycles. The Hall–Kier alpha value is -1.00. The van der Waals surface area contributed by atoms with Crippen molar-refractivity contribution in [3.05, 3.63) is 23.3 Å². The highest BCUT2D eigenvalue weighted by Crippen LogP contribution is 2.74. The molecule has 0 radical (unpaired) electrons. The van der Waals surface area contributed by atoms with Crippen LogP contribution in [-0.2, 0) is 28.4 Å². The smallest absolute Gasteiger partial charge is 0.186 e. The fraction of sp³-hybridized carbons (Fsp3) is 0.907. The molecular weight excluding hydrogens is 708 g/mol. The molecule has 0 unspecified atom stereocenters. The Morgan fingerprint density at radius 1 is 0.800 bits per heavy atom. The normalized spacial score (nSPS) is 53.5. The Kier molecular flexibility index (Phi) is 11.7. The van der Waals surface area contributed by atoms with Crippen LogP contribution < -0.4 is 0 Å². The van der Waals surface area contributed by atoms with Crippen molar-refractivity contribution in [2.75, 3.05) is 13.7 Å². The van der Waals surface area contributed by atoms with Gasteiger partial charge in [-0.2, -0.15) is 0 Å². The predicted octanol–water partition coefficient (Wildman–Crippen LogP) is 3.97. The van der Waals surface area contributed by atoms with Gasteiger partial charge >= 0.3 is 0 Å². The largest absolute Gasteiger partial charge is 0.388 e. The van der Waals surface area contributed by atoms with Gasteiger partial charge in [0, 0.05) is 13.0 Å². The number of hydrogen-bond donors (Lipinski definition) is 6. The summed E-state index contributed by atoms with van der Waals surface area (Å²) in [5.74, 6) is 1.68. The summed E-state index contributed by atoms with van der Waals surface area (Å²) in [6.07, 6.45) is -0.450. The lowest BCUT2D eigenvalue weighted by Gasteiger charge is -2.65. The highest BCUT2D eigenvalue weighted by molar-refractivity contribution is 5.33. The van der Waals surface area contributed by atoms with Gasteiger partial charge < -0.3 is 59.1 Å². The first-order valence-electron chi connectivity index (χ1n) is 21.0. The first kappa shape index (κ1) is 42.1. The van der Waals surface area contributed by atoms with Crippen LogP contribution in [0.25, 0.3) is 0 Å². The molecule has 6 N–H and O–H groups in total. The Balaban J connectivity index is 1.05. The highest BCUT2D eigenvalue weighted by Gasteiger charge is 2.67. The van der Waals surface area contributed by atoms with Crippen LogP contribution in [0.4, 0.5) is 0 Å². The molecule has 0 amide bonds. The quantitative estimate of drug-likeness (QED) is 0.196. The summed E-state index contributed by atoms with van der Waals surface area (Å²) >= 11 is 0.